The number of nitrogens with one attached hydrogen (secondary N) is 1. The third-order valence-corrected chi connectivity index (χ3v) is 5.41. The van der Waals surface area contributed by atoms with E-state index in [2.05, 4.69) is 36.4 Å². The van der Waals surface area contributed by atoms with Crippen molar-refractivity contribution in [2.75, 3.05) is 24.5 Å². The molecule has 0 radical (unpaired) electrons. The fourth-order valence-electron chi connectivity index (χ4n) is 3.33. The van der Waals surface area contributed by atoms with Crippen LogP contribution in [0.4, 0.5) is 5.13 Å². The molecule has 94 valence electrons. The van der Waals surface area contributed by atoms with Gasteiger partial charge in [0, 0.05) is 30.6 Å². The molecule has 0 amide bonds. The lowest BCUT2D eigenvalue weighted by atomic mass is 9.85. The van der Waals surface area contributed by atoms with Gasteiger partial charge >= 0.3 is 0 Å². The summed E-state index contributed by atoms with van der Waals surface area (Å²) < 4.78 is 0. The Labute approximate surface area is 107 Å². The lowest BCUT2D eigenvalue weighted by Crippen LogP contribution is -2.44. The Hall–Kier alpha value is -0.610. The van der Waals surface area contributed by atoms with E-state index in [9.17, 15) is 0 Å². The van der Waals surface area contributed by atoms with Crippen molar-refractivity contribution in [1.82, 2.24) is 10.3 Å². The quantitative estimate of drug-likeness (QED) is 0.873. The van der Waals surface area contributed by atoms with Gasteiger partial charge in [0.1, 0.15) is 0 Å². The van der Waals surface area contributed by atoms with Gasteiger partial charge in [-0.15, -0.1) is 11.3 Å². The van der Waals surface area contributed by atoms with Gasteiger partial charge in [0.15, 0.2) is 5.13 Å². The van der Waals surface area contributed by atoms with E-state index in [1.54, 1.807) is 11.3 Å². The highest BCUT2D eigenvalue weighted by Gasteiger charge is 2.50. The van der Waals surface area contributed by atoms with Crippen LogP contribution in [0.3, 0.4) is 0 Å². The number of anilines is 1. The van der Waals surface area contributed by atoms with Crippen molar-refractivity contribution in [2.45, 2.75) is 32.7 Å². The molecular formula is C13H21N3S. The van der Waals surface area contributed by atoms with Crippen LogP contribution in [-0.2, 0) is 6.42 Å². The summed E-state index contributed by atoms with van der Waals surface area (Å²) in [6.45, 7) is 10.4. The van der Waals surface area contributed by atoms with Gasteiger partial charge in [0.05, 0.1) is 5.69 Å². The first-order valence-corrected chi connectivity index (χ1v) is 7.43. The second kappa shape index (κ2) is 3.95. The number of nitrogens with zero attached hydrogens (tertiary/aromatic N) is 2. The van der Waals surface area contributed by atoms with Crippen molar-refractivity contribution in [3.63, 3.8) is 0 Å². The maximum absolute atomic E-state index is 4.76. The summed E-state index contributed by atoms with van der Waals surface area (Å²) in [5, 5.41) is 6.95. The number of hydrogen-bond acceptors (Lipinski definition) is 4. The summed E-state index contributed by atoms with van der Waals surface area (Å²) in [4.78, 5) is 7.29. The Morgan fingerprint density at radius 1 is 1.53 bits per heavy atom. The molecule has 2 aliphatic rings. The van der Waals surface area contributed by atoms with Crippen molar-refractivity contribution in [3.8, 4) is 0 Å². The first kappa shape index (κ1) is 11.5. The molecule has 1 aromatic heterocycles. The van der Waals surface area contributed by atoms with E-state index < -0.39 is 0 Å². The van der Waals surface area contributed by atoms with Crippen LogP contribution in [0.15, 0.2) is 5.38 Å². The first-order valence-electron chi connectivity index (χ1n) is 6.55. The zero-order chi connectivity index (χ0) is 12.0. The summed E-state index contributed by atoms with van der Waals surface area (Å²) in [5.74, 6) is 1.58. The van der Waals surface area contributed by atoms with Crippen LogP contribution < -0.4 is 10.2 Å². The highest BCUT2D eigenvalue weighted by atomic mass is 32.1. The minimum Gasteiger partial charge on any atom is -0.342 e. The van der Waals surface area contributed by atoms with E-state index in [1.807, 2.05) is 0 Å². The second-order valence-corrected chi connectivity index (χ2v) is 6.60. The normalized spacial score (nSPS) is 30.9. The predicted molar refractivity (Wildman–Crippen MR) is 72.8 cm³/mol. The van der Waals surface area contributed by atoms with Crippen LogP contribution >= 0.6 is 11.3 Å². The van der Waals surface area contributed by atoms with E-state index in [-0.39, 0.29) is 5.54 Å². The molecule has 2 aliphatic heterocycles. The fourth-order valence-corrected chi connectivity index (χ4v) is 4.40. The van der Waals surface area contributed by atoms with Crippen molar-refractivity contribution in [2.24, 2.45) is 11.8 Å². The van der Waals surface area contributed by atoms with Crippen molar-refractivity contribution in [3.05, 3.63) is 11.1 Å². The number of aromatic nitrogens is 1. The minimum absolute atomic E-state index is 0.247. The molecule has 17 heavy (non-hydrogen) atoms. The number of thiazole rings is 1. The molecule has 3 nitrogen and oxygen atoms in total. The van der Waals surface area contributed by atoms with Gasteiger partial charge < -0.3 is 10.2 Å². The van der Waals surface area contributed by atoms with Crippen LogP contribution in [0.5, 0.6) is 0 Å². The van der Waals surface area contributed by atoms with Gasteiger partial charge in [-0.3, -0.25) is 0 Å². The molecule has 0 spiro atoms. The summed E-state index contributed by atoms with van der Waals surface area (Å²) in [7, 11) is 0. The van der Waals surface area contributed by atoms with E-state index in [4.69, 9.17) is 4.98 Å². The van der Waals surface area contributed by atoms with E-state index in [0.29, 0.717) is 0 Å². The van der Waals surface area contributed by atoms with Gasteiger partial charge in [-0.05, 0) is 32.1 Å². The summed E-state index contributed by atoms with van der Waals surface area (Å²) in [5.41, 5.74) is 1.48. The number of hydrogen-bond donors (Lipinski definition) is 1. The van der Waals surface area contributed by atoms with Crippen molar-refractivity contribution >= 4 is 16.5 Å². The van der Waals surface area contributed by atoms with Crippen LogP contribution in [0.25, 0.3) is 0 Å². The average molecular weight is 251 g/mol. The molecule has 0 saturated carbocycles. The lowest BCUT2D eigenvalue weighted by Gasteiger charge is -2.35. The molecule has 1 aromatic rings. The molecule has 2 atom stereocenters. The fraction of sp³-hybridized carbons (Fsp3) is 0.769. The molecule has 1 N–H and O–H groups in total. The monoisotopic (exact) mass is 251 g/mol. The number of aryl methyl sites for hydroxylation is 1. The van der Waals surface area contributed by atoms with Gasteiger partial charge in [0.2, 0.25) is 0 Å². The molecule has 3 heterocycles. The predicted octanol–water partition coefficient (Wildman–Crippen LogP) is 2.14. The molecule has 3 rings (SSSR count). The van der Waals surface area contributed by atoms with Crippen molar-refractivity contribution < 1.29 is 0 Å². The van der Waals surface area contributed by atoms with Gasteiger partial charge in [-0.1, -0.05) is 6.92 Å². The molecular weight excluding hydrogens is 230 g/mol. The SMILES string of the molecule is CCc1csc(N2CC3CNCC3C2(C)C)n1. The molecule has 0 bridgehead atoms. The van der Waals surface area contributed by atoms with Crippen LogP contribution in [0.1, 0.15) is 26.5 Å². The van der Waals surface area contributed by atoms with Gasteiger partial charge in [-0.25, -0.2) is 4.98 Å². The Bertz CT molecular complexity index is 413. The van der Waals surface area contributed by atoms with Gasteiger partial charge in [0.25, 0.3) is 0 Å². The molecule has 4 heteroatoms. The standard InChI is InChI=1S/C13H21N3S/c1-4-10-8-17-12(15-10)16-7-9-5-14-6-11(9)13(16,2)3/h8-9,11,14H,4-7H2,1-3H3. The first-order chi connectivity index (χ1) is 8.13. The minimum atomic E-state index is 0.247. The smallest absolute Gasteiger partial charge is 0.185 e. The van der Waals surface area contributed by atoms with Crippen LogP contribution in [0, 0.1) is 11.8 Å². The Morgan fingerprint density at radius 3 is 3.00 bits per heavy atom. The Kier molecular flexibility index (Phi) is 2.67. The highest BCUT2D eigenvalue weighted by Crippen LogP contribution is 2.43. The number of rotatable bonds is 2. The third-order valence-electron chi connectivity index (χ3n) is 4.49. The molecule has 2 fully saturated rings. The maximum Gasteiger partial charge on any atom is 0.185 e. The molecule has 2 saturated heterocycles. The zero-order valence-corrected chi connectivity index (χ0v) is 11.7. The van der Waals surface area contributed by atoms with E-state index in [0.717, 1.165) is 18.3 Å². The Morgan fingerprint density at radius 2 is 2.35 bits per heavy atom. The highest BCUT2D eigenvalue weighted by molar-refractivity contribution is 7.13. The molecule has 2 unspecified atom stereocenters. The number of fused-ring (bicyclic) bond motifs is 1. The topological polar surface area (TPSA) is 28.2 Å². The zero-order valence-electron chi connectivity index (χ0n) is 10.9. The summed E-state index contributed by atoms with van der Waals surface area (Å²) in [6.07, 6.45) is 1.04. The Balaban J connectivity index is 1.89. The third kappa shape index (κ3) is 1.69. The lowest BCUT2D eigenvalue weighted by molar-refractivity contribution is 0.357. The average Bonchev–Trinajstić information content (AvgIpc) is 2.96. The molecule has 0 aliphatic carbocycles. The maximum atomic E-state index is 4.76. The van der Waals surface area contributed by atoms with Crippen LogP contribution in [-0.4, -0.2) is 30.2 Å². The second-order valence-electron chi connectivity index (χ2n) is 5.76. The van der Waals surface area contributed by atoms with Gasteiger partial charge in [-0.2, -0.15) is 0 Å². The van der Waals surface area contributed by atoms with E-state index in [1.165, 1.54) is 30.5 Å². The van der Waals surface area contributed by atoms with E-state index >= 15 is 0 Å². The summed E-state index contributed by atoms with van der Waals surface area (Å²) in [6, 6.07) is 0. The van der Waals surface area contributed by atoms with Crippen LogP contribution in [0.2, 0.25) is 0 Å². The summed E-state index contributed by atoms with van der Waals surface area (Å²) >= 11 is 1.81. The largest absolute Gasteiger partial charge is 0.342 e. The molecule has 0 aromatic carbocycles. The van der Waals surface area contributed by atoms with Crippen molar-refractivity contribution in [1.29, 1.82) is 0 Å².